The first-order valence-electron chi connectivity index (χ1n) is 21.1. The lowest BCUT2D eigenvalue weighted by Gasteiger charge is -2.40. The Morgan fingerprint density at radius 3 is 2.48 bits per heavy atom. The Morgan fingerprint density at radius 1 is 1.02 bits per heavy atom. The van der Waals surface area contributed by atoms with Gasteiger partial charge in [-0.15, -0.1) is 0 Å². The zero-order valence-corrected chi connectivity index (χ0v) is 36.7. The maximum Gasteiger partial charge on any atom is 0.252 e. The zero-order valence-electron chi connectivity index (χ0n) is 35.1. The normalized spacial score (nSPS) is 24.1. The molecule has 0 unspecified atom stereocenters. The molecule has 320 valence electrons. The molecule has 2 bridgehead atoms. The standard InChI is InChI=1S/C47H53ClN6O6S/c1-46(2)14-11-30(38(25-46)28-5-7-33(48)8-6-28)27-53-17-19-54(20-18-53)39-10-9-36(43(49)55)40(60-34-22-29-12-15-50-44(29)52-26-34)42(39)61(57,58)41-35(13-16-51-45(41)59-4)37-23-32-21-31(37)24-47(32,3)56/h5-10,12-13,15-16,22,26,31-32,37,56H,11,14,17-21,23-25,27H2,1-4H3,(H2,49,55)(H,50,52)/t31-,32-,37+,47-/m1/s1. The van der Waals surface area contributed by atoms with E-state index in [4.69, 9.17) is 26.8 Å². The number of ether oxygens (including phenoxy) is 2. The number of carbonyl (C=O) groups excluding carboxylic acids is 1. The minimum absolute atomic E-state index is 0.0372. The first-order chi connectivity index (χ1) is 29.1. The Kier molecular flexibility index (Phi) is 10.7. The molecule has 14 heteroatoms. The van der Waals surface area contributed by atoms with Crippen molar-refractivity contribution in [1.29, 1.82) is 0 Å². The van der Waals surface area contributed by atoms with Crippen molar-refractivity contribution < 1.29 is 27.8 Å². The van der Waals surface area contributed by atoms with E-state index in [0.717, 1.165) is 37.6 Å². The topological polar surface area (TPSA) is 164 Å². The van der Waals surface area contributed by atoms with Gasteiger partial charge < -0.3 is 30.2 Å². The van der Waals surface area contributed by atoms with Crippen molar-refractivity contribution in [2.75, 3.05) is 44.7 Å². The van der Waals surface area contributed by atoms with Gasteiger partial charge in [0.25, 0.3) is 5.91 Å². The van der Waals surface area contributed by atoms with E-state index in [2.05, 4.69) is 50.7 Å². The van der Waals surface area contributed by atoms with E-state index in [1.54, 1.807) is 36.7 Å². The number of fused-ring (bicyclic) bond motifs is 3. The predicted molar refractivity (Wildman–Crippen MR) is 236 cm³/mol. The van der Waals surface area contributed by atoms with Crippen molar-refractivity contribution in [3.63, 3.8) is 0 Å². The highest BCUT2D eigenvalue weighted by Gasteiger charge is 2.53. The van der Waals surface area contributed by atoms with Gasteiger partial charge in [0.1, 0.15) is 21.2 Å². The monoisotopic (exact) mass is 864 g/mol. The lowest BCUT2D eigenvalue weighted by molar-refractivity contribution is 0.000755. The quantitative estimate of drug-likeness (QED) is 0.118. The number of anilines is 1. The van der Waals surface area contributed by atoms with Crippen LogP contribution >= 0.6 is 11.6 Å². The van der Waals surface area contributed by atoms with Gasteiger partial charge in [0.05, 0.1) is 30.2 Å². The number of nitrogens with zero attached hydrogens (tertiary/aromatic N) is 4. The third-order valence-corrected chi connectivity index (χ3v) is 15.9. The number of piperazine rings is 1. The molecule has 4 N–H and O–H groups in total. The molecule has 1 aliphatic heterocycles. The van der Waals surface area contributed by atoms with Crippen LogP contribution in [0.2, 0.25) is 5.02 Å². The molecule has 4 atom stereocenters. The first kappa shape index (κ1) is 41.4. The summed E-state index contributed by atoms with van der Waals surface area (Å²) in [5.41, 5.74) is 10.9. The van der Waals surface area contributed by atoms with Crippen molar-refractivity contribution >= 4 is 49.6 Å². The van der Waals surface area contributed by atoms with E-state index in [9.17, 15) is 9.90 Å². The highest BCUT2D eigenvalue weighted by Crippen LogP contribution is 2.59. The molecule has 12 nitrogen and oxygen atoms in total. The largest absolute Gasteiger partial charge is 0.480 e. The number of pyridine rings is 2. The molecular weight excluding hydrogens is 812 g/mol. The Morgan fingerprint density at radius 2 is 1.79 bits per heavy atom. The van der Waals surface area contributed by atoms with Crippen LogP contribution in [-0.4, -0.2) is 84.7 Å². The van der Waals surface area contributed by atoms with Crippen molar-refractivity contribution in [2.24, 2.45) is 23.0 Å². The maximum atomic E-state index is 15.8. The van der Waals surface area contributed by atoms with Gasteiger partial charge in [-0.2, -0.15) is 0 Å². The average molecular weight is 865 g/mol. The summed E-state index contributed by atoms with van der Waals surface area (Å²) in [5, 5.41) is 12.6. The fourth-order valence-corrected chi connectivity index (χ4v) is 12.6. The van der Waals surface area contributed by atoms with Crippen LogP contribution in [0.1, 0.15) is 86.7 Å². The molecule has 5 aromatic rings. The molecule has 3 aromatic heterocycles. The van der Waals surface area contributed by atoms with Gasteiger partial charge >= 0.3 is 0 Å². The van der Waals surface area contributed by atoms with Gasteiger partial charge in [-0.1, -0.05) is 43.2 Å². The highest BCUT2D eigenvalue weighted by atomic mass is 35.5. The van der Waals surface area contributed by atoms with Gasteiger partial charge in [-0.3, -0.25) is 9.69 Å². The molecule has 3 aliphatic carbocycles. The molecule has 0 radical (unpaired) electrons. The summed E-state index contributed by atoms with van der Waals surface area (Å²) in [6.45, 7) is 9.71. The number of allylic oxidation sites excluding steroid dienone is 1. The number of hydrogen-bond donors (Lipinski definition) is 3. The maximum absolute atomic E-state index is 15.8. The molecule has 4 aliphatic rings. The number of rotatable bonds is 11. The van der Waals surface area contributed by atoms with Crippen molar-refractivity contribution in [3.05, 3.63) is 100 Å². The molecule has 4 heterocycles. The van der Waals surface area contributed by atoms with Crippen LogP contribution in [0.25, 0.3) is 16.6 Å². The summed E-state index contributed by atoms with van der Waals surface area (Å²) in [6, 6.07) is 16.7. The number of aliphatic hydroxyl groups is 1. The van der Waals surface area contributed by atoms with Gasteiger partial charge in [-0.25, -0.2) is 18.4 Å². The van der Waals surface area contributed by atoms with Crippen molar-refractivity contribution in [2.45, 2.75) is 80.6 Å². The van der Waals surface area contributed by atoms with Crippen LogP contribution in [0.4, 0.5) is 5.69 Å². The number of amides is 1. The van der Waals surface area contributed by atoms with Crippen LogP contribution in [0.3, 0.4) is 0 Å². The molecule has 2 saturated carbocycles. The lowest BCUT2D eigenvalue weighted by Crippen LogP contribution is -2.47. The second-order valence-corrected chi connectivity index (χ2v) is 20.6. The minimum atomic E-state index is -4.58. The van der Waals surface area contributed by atoms with Crippen LogP contribution in [0.5, 0.6) is 17.4 Å². The predicted octanol–water partition coefficient (Wildman–Crippen LogP) is 8.39. The fourth-order valence-electron chi connectivity index (χ4n) is 10.5. The van der Waals surface area contributed by atoms with Crippen LogP contribution in [0, 0.1) is 17.3 Å². The Balaban J connectivity index is 1.12. The summed E-state index contributed by atoms with van der Waals surface area (Å²) < 4.78 is 44.0. The van der Waals surface area contributed by atoms with E-state index in [0.29, 0.717) is 60.9 Å². The smallest absolute Gasteiger partial charge is 0.252 e. The number of aromatic amines is 1. The van der Waals surface area contributed by atoms with Gasteiger partial charge in [-0.05, 0) is 128 Å². The van der Waals surface area contributed by atoms with E-state index >= 15 is 8.42 Å². The molecule has 2 aromatic carbocycles. The fraction of sp³-hybridized carbons (Fsp3) is 0.426. The van der Waals surface area contributed by atoms with Crippen LogP contribution in [0.15, 0.2) is 88.6 Å². The number of halogens is 1. The van der Waals surface area contributed by atoms with Crippen molar-refractivity contribution in [3.8, 4) is 17.4 Å². The number of nitrogens with two attached hydrogens (primary N) is 1. The molecule has 3 fully saturated rings. The number of hydrogen-bond acceptors (Lipinski definition) is 10. The van der Waals surface area contributed by atoms with Gasteiger partial charge in [0, 0.05) is 55.5 Å². The van der Waals surface area contributed by atoms with Crippen LogP contribution in [-0.2, 0) is 9.84 Å². The summed E-state index contributed by atoms with van der Waals surface area (Å²) in [7, 11) is -3.17. The summed E-state index contributed by atoms with van der Waals surface area (Å²) >= 11 is 6.28. The molecule has 61 heavy (non-hydrogen) atoms. The Hall–Kier alpha value is -4.95. The minimum Gasteiger partial charge on any atom is -0.480 e. The molecular formula is C47H53ClN6O6S. The van der Waals surface area contributed by atoms with E-state index in [1.807, 2.05) is 25.1 Å². The number of methoxy groups -OCH3 is 1. The number of benzene rings is 2. The third kappa shape index (κ3) is 7.79. The molecule has 1 saturated heterocycles. The van der Waals surface area contributed by atoms with E-state index in [1.165, 1.54) is 30.0 Å². The Labute approximate surface area is 362 Å². The van der Waals surface area contributed by atoms with Gasteiger partial charge in [0.15, 0.2) is 5.75 Å². The third-order valence-electron chi connectivity index (χ3n) is 13.7. The van der Waals surface area contributed by atoms with E-state index in [-0.39, 0.29) is 55.9 Å². The Bertz CT molecular complexity index is 2650. The second kappa shape index (κ2) is 15.7. The number of sulfone groups is 1. The second-order valence-electron chi connectivity index (χ2n) is 18.4. The summed E-state index contributed by atoms with van der Waals surface area (Å²) in [4.78, 5) is 29.5. The molecule has 0 spiro atoms. The molecule has 1 amide bonds. The van der Waals surface area contributed by atoms with Crippen LogP contribution < -0.4 is 20.1 Å². The average Bonchev–Trinajstić information content (AvgIpc) is 3.96. The number of H-pyrrole nitrogens is 1. The number of primary amides is 1. The zero-order chi connectivity index (χ0) is 42.8. The summed E-state index contributed by atoms with van der Waals surface area (Å²) in [5.74, 6) is -0.871. The lowest BCUT2D eigenvalue weighted by atomic mass is 9.72. The van der Waals surface area contributed by atoms with Gasteiger partial charge in [0.2, 0.25) is 15.7 Å². The number of aromatic nitrogens is 3. The SMILES string of the molecule is COc1nccc([C@H]2C[C@H]3C[C@@H]2C[C@@]3(C)O)c1S(=O)(=O)c1c(N2CCN(CC3=C(c4ccc(Cl)cc4)CC(C)(C)CC3)CC2)ccc(C(N)=O)c1Oc1cnc2[nH]ccc2c1. The number of carbonyl (C=O) groups is 1. The summed E-state index contributed by atoms with van der Waals surface area (Å²) in [6.07, 6.45) is 9.89. The first-order valence-corrected chi connectivity index (χ1v) is 23.0. The van der Waals surface area contributed by atoms with E-state index < -0.39 is 21.3 Å². The number of nitrogens with one attached hydrogen (secondary N) is 1. The van der Waals surface area contributed by atoms with Crippen molar-refractivity contribution in [1.82, 2.24) is 19.9 Å². The molecule has 9 rings (SSSR count). The highest BCUT2D eigenvalue weighted by molar-refractivity contribution is 7.92.